The van der Waals surface area contributed by atoms with Crippen molar-refractivity contribution in [1.29, 1.82) is 0 Å². The van der Waals surface area contributed by atoms with Gasteiger partial charge in [0.25, 0.3) is 0 Å². The zero-order chi connectivity index (χ0) is 40.3. The summed E-state index contributed by atoms with van der Waals surface area (Å²) in [4.78, 5) is 12.2. The van der Waals surface area contributed by atoms with E-state index in [0.717, 1.165) is 71.5 Å². The molecule has 11 rings (SSSR count). The molecular weight excluding hydrogens is 738 g/mol. The molecule has 0 radical (unpaired) electrons. The van der Waals surface area contributed by atoms with Crippen LogP contribution in [0.15, 0.2) is 186 Å². The second-order valence-corrected chi connectivity index (χ2v) is 15.8. The average molecular weight is 776 g/mol. The van der Waals surface area contributed by atoms with Gasteiger partial charge in [0.05, 0.1) is 11.0 Å². The van der Waals surface area contributed by atoms with Gasteiger partial charge in [-0.05, 0) is 93.9 Å². The number of Topliss-reactive ketones (excluding diaryl/α,β-unsaturated/α-hetero) is 1. The fourth-order valence-electron chi connectivity index (χ4n) is 9.15. The van der Waals surface area contributed by atoms with Gasteiger partial charge >= 0.3 is 0 Å². The highest BCUT2D eigenvalue weighted by Gasteiger charge is 2.20. The van der Waals surface area contributed by atoms with Crippen molar-refractivity contribution in [3.8, 4) is 39.1 Å². The number of aromatic nitrogens is 1. The molecule has 0 aliphatic heterocycles. The Bertz CT molecular complexity index is 3370. The summed E-state index contributed by atoms with van der Waals surface area (Å²) < 4.78 is 23.2. The van der Waals surface area contributed by atoms with E-state index in [9.17, 15) is 9.18 Å². The van der Waals surface area contributed by atoms with E-state index in [1.165, 1.54) is 27.8 Å². The standard InChI is InChI=1S/C56H38FNO2/c1-35-16-28-52-50(30-35)51-33-44(57)25-29-53(51)58(52)45-13-6-11-42(32-45)41-10-5-12-43(31-41)55(39-21-17-37(18-22-39)36-8-3-2-4-9-36)40-23-19-38(20-24-40)47-14-7-15-49-48-27-26-46(59)34-54(48)60-56(47)49/h2-25,27-34,55H,26H2,1H3. The zero-order valence-corrected chi connectivity index (χ0v) is 32.9. The third-order valence-corrected chi connectivity index (χ3v) is 12.0. The molecule has 60 heavy (non-hydrogen) atoms. The van der Waals surface area contributed by atoms with E-state index in [4.69, 9.17) is 4.42 Å². The number of para-hydroxylation sites is 1. The lowest BCUT2D eigenvalue weighted by Crippen LogP contribution is -2.25. The lowest BCUT2D eigenvalue weighted by atomic mass is 9.83. The van der Waals surface area contributed by atoms with Gasteiger partial charge in [0, 0.05) is 51.0 Å². The molecule has 0 amide bonds. The number of nitrogens with zero attached hydrogens (tertiary/aromatic N) is 1. The first-order chi connectivity index (χ1) is 29.4. The fraction of sp³-hybridized carbons (Fsp3) is 0.0536. The number of ketones is 1. The van der Waals surface area contributed by atoms with E-state index in [0.29, 0.717) is 11.8 Å². The highest BCUT2D eigenvalue weighted by atomic mass is 19.1. The quantitative estimate of drug-likeness (QED) is 0.151. The number of fused-ring (bicyclic) bond motifs is 6. The maximum Gasteiger partial charge on any atom is 0.163 e. The first-order valence-corrected chi connectivity index (χ1v) is 20.4. The molecule has 2 heterocycles. The predicted octanol–water partition coefficient (Wildman–Crippen LogP) is 12.7. The zero-order valence-electron chi connectivity index (χ0n) is 32.9. The molecular formula is C56H38FNO2. The molecule has 1 aliphatic carbocycles. The Kier molecular flexibility index (Phi) is 8.52. The molecule has 0 spiro atoms. The average Bonchev–Trinajstić information content (AvgIpc) is 3.82. The summed E-state index contributed by atoms with van der Waals surface area (Å²) in [5.41, 5.74) is 15.8. The SMILES string of the molecule is Cc1ccc2c(c1)c1cc(F)ccc1n2-c1cccc(-c2cccc(C(c3ccc(-c4ccccc4)cc3)c3ccc(-c4cccc5c6c(oc45)=CC(=O)CC=6)cc3)c2)c1. The minimum absolute atomic E-state index is 0.0515. The maximum absolute atomic E-state index is 14.6. The lowest BCUT2D eigenvalue weighted by molar-refractivity contribution is -0.112. The van der Waals surface area contributed by atoms with Crippen LogP contribution in [-0.2, 0) is 4.79 Å². The van der Waals surface area contributed by atoms with Crippen LogP contribution >= 0.6 is 0 Å². The minimum atomic E-state index is -0.239. The molecule has 10 aromatic rings. The summed E-state index contributed by atoms with van der Waals surface area (Å²) in [6.07, 6.45) is 3.99. The highest BCUT2D eigenvalue weighted by Crippen LogP contribution is 2.39. The van der Waals surface area contributed by atoms with Gasteiger partial charge in [0.2, 0.25) is 0 Å². The number of carbonyl (C=O) groups is 1. The Morgan fingerprint density at radius 1 is 0.550 bits per heavy atom. The van der Waals surface area contributed by atoms with Crippen molar-refractivity contribution in [3.05, 3.63) is 221 Å². The highest BCUT2D eigenvalue weighted by molar-refractivity contribution is 6.10. The number of hydrogen-bond donors (Lipinski definition) is 0. The molecule has 1 unspecified atom stereocenters. The number of aryl methyl sites for hydroxylation is 1. The van der Waals surface area contributed by atoms with Crippen LogP contribution in [0.1, 0.15) is 34.6 Å². The third-order valence-electron chi connectivity index (χ3n) is 12.0. The largest absolute Gasteiger partial charge is 0.455 e. The van der Waals surface area contributed by atoms with E-state index >= 15 is 0 Å². The van der Waals surface area contributed by atoms with Gasteiger partial charge in [-0.2, -0.15) is 0 Å². The van der Waals surface area contributed by atoms with Crippen molar-refractivity contribution in [2.45, 2.75) is 19.3 Å². The van der Waals surface area contributed by atoms with E-state index in [1.807, 2.05) is 18.2 Å². The van der Waals surface area contributed by atoms with E-state index in [1.54, 1.807) is 18.2 Å². The number of furan rings is 1. The van der Waals surface area contributed by atoms with Crippen molar-refractivity contribution in [1.82, 2.24) is 4.57 Å². The number of benzene rings is 8. The summed E-state index contributed by atoms with van der Waals surface area (Å²) in [6, 6.07) is 63.4. The summed E-state index contributed by atoms with van der Waals surface area (Å²) >= 11 is 0. The van der Waals surface area contributed by atoms with Crippen molar-refractivity contribution < 1.29 is 13.6 Å². The Balaban J connectivity index is 1.01. The normalized spacial score (nSPS) is 13.0. The Labute approximate surface area is 346 Å². The van der Waals surface area contributed by atoms with Crippen LogP contribution in [0.25, 0.3) is 84.0 Å². The summed E-state index contributed by atoms with van der Waals surface area (Å²) in [7, 11) is 0. The minimum Gasteiger partial charge on any atom is -0.455 e. The molecule has 1 aliphatic rings. The number of hydrogen-bond acceptors (Lipinski definition) is 2. The third kappa shape index (κ3) is 6.16. The van der Waals surface area contributed by atoms with Crippen LogP contribution in [0.3, 0.4) is 0 Å². The summed E-state index contributed by atoms with van der Waals surface area (Å²) in [6.45, 7) is 2.07. The van der Waals surface area contributed by atoms with Gasteiger partial charge in [0.15, 0.2) is 5.78 Å². The summed E-state index contributed by atoms with van der Waals surface area (Å²) in [5, 5.41) is 3.96. The smallest absolute Gasteiger partial charge is 0.163 e. The molecule has 1 atom stereocenters. The fourth-order valence-corrected chi connectivity index (χ4v) is 9.15. The van der Waals surface area contributed by atoms with E-state index < -0.39 is 0 Å². The van der Waals surface area contributed by atoms with Gasteiger partial charge in [-0.3, -0.25) is 4.79 Å². The van der Waals surface area contributed by atoms with Crippen LogP contribution < -0.4 is 10.6 Å². The van der Waals surface area contributed by atoms with Gasteiger partial charge in [0.1, 0.15) is 16.8 Å². The topological polar surface area (TPSA) is 35.1 Å². The molecule has 0 fully saturated rings. The lowest BCUT2D eigenvalue weighted by Gasteiger charge is -2.21. The Morgan fingerprint density at radius 3 is 1.98 bits per heavy atom. The molecule has 4 heteroatoms. The van der Waals surface area contributed by atoms with Crippen LogP contribution in [0.5, 0.6) is 0 Å². The molecule has 0 saturated carbocycles. The molecule has 0 N–H and O–H groups in total. The Morgan fingerprint density at radius 2 is 1.20 bits per heavy atom. The van der Waals surface area contributed by atoms with Crippen molar-refractivity contribution in [2.75, 3.05) is 0 Å². The molecule has 2 aromatic heterocycles. The van der Waals surface area contributed by atoms with Gasteiger partial charge in [-0.25, -0.2) is 4.39 Å². The maximum atomic E-state index is 14.6. The van der Waals surface area contributed by atoms with E-state index in [-0.39, 0.29) is 17.5 Å². The first-order valence-electron chi connectivity index (χ1n) is 20.4. The van der Waals surface area contributed by atoms with E-state index in [2.05, 4.69) is 169 Å². The molecule has 3 nitrogen and oxygen atoms in total. The molecule has 0 bridgehead atoms. The second-order valence-electron chi connectivity index (χ2n) is 15.8. The van der Waals surface area contributed by atoms with Gasteiger partial charge in [-0.1, -0.05) is 151 Å². The number of halogens is 1. The molecule has 0 saturated heterocycles. The van der Waals surface area contributed by atoms with Crippen LogP contribution in [-0.4, -0.2) is 10.4 Å². The molecule has 286 valence electrons. The van der Waals surface area contributed by atoms with Crippen molar-refractivity contribution in [3.63, 3.8) is 0 Å². The summed E-state index contributed by atoms with van der Waals surface area (Å²) in [5.74, 6) is -0.232. The van der Waals surface area contributed by atoms with Crippen molar-refractivity contribution >= 4 is 50.7 Å². The van der Waals surface area contributed by atoms with Crippen LogP contribution in [0, 0.1) is 12.7 Å². The Hall–Kier alpha value is -7.56. The van der Waals surface area contributed by atoms with Gasteiger partial charge in [-0.15, -0.1) is 0 Å². The second kappa shape index (κ2) is 14.4. The predicted molar refractivity (Wildman–Crippen MR) is 243 cm³/mol. The number of rotatable bonds is 7. The van der Waals surface area contributed by atoms with Crippen molar-refractivity contribution in [2.24, 2.45) is 0 Å². The first kappa shape index (κ1) is 35.6. The monoisotopic (exact) mass is 775 g/mol. The van der Waals surface area contributed by atoms with Crippen LogP contribution in [0.4, 0.5) is 4.39 Å². The number of carbonyl (C=O) groups excluding carboxylic acids is 1. The molecule has 8 aromatic carbocycles. The van der Waals surface area contributed by atoms with Crippen LogP contribution in [0.2, 0.25) is 0 Å². The van der Waals surface area contributed by atoms with Gasteiger partial charge < -0.3 is 8.98 Å².